The summed E-state index contributed by atoms with van der Waals surface area (Å²) in [5.41, 5.74) is 8.16. The van der Waals surface area contributed by atoms with Crippen molar-refractivity contribution in [2.24, 2.45) is 5.73 Å². The maximum atomic E-state index is 5.48. The first-order valence-electron chi connectivity index (χ1n) is 5.35. The summed E-state index contributed by atoms with van der Waals surface area (Å²) >= 11 is 0. The van der Waals surface area contributed by atoms with Gasteiger partial charge >= 0.3 is 0 Å². The fourth-order valence-corrected chi connectivity index (χ4v) is 1.40. The minimum Gasteiger partial charge on any atom is -0.330 e. The molecule has 0 aliphatic rings. The maximum absolute atomic E-state index is 5.48. The predicted molar refractivity (Wildman–Crippen MR) is 61.2 cm³/mol. The lowest BCUT2D eigenvalue weighted by Crippen LogP contribution is -2.13. The molecule has 0 saturated carbocycles. The van der Waals surface area contributed by atoms with Crippen LogP contribution in [-0.2, 0) is 13.0 Å². The van der Waals surface area contributed by atoms with Crippen molar-refractivity contribution in [1.82, 2.24) is 5.32 Å². The van der Waals surface area contributed by atoms with Gasteiger partial charge in [-0.3, -0.25) is 0 Å². The lowest BCUT2D eigenvalue weighted by atomic mass is 10.1. The molecule has 0 saturated heterocycles. The molecule has 1 rings (SSSR count). The van der Waals surface area contributed by atoms with E-state index in [9.17, 15) is 0 Å². The molecule has 0 radical (unpaired) electrons. The van der Waals surface area contributed by atoms with Gasteiger partial charge in [-0.1, -0.05) is 31.2 Å². The van der Waals surface area contributed by atoms with Gasteiger partial charge in [0.25, 0.3) is 0 Å². The molecule has 0 spiro atoms. The monoisotopic (exact) mass is 192 g/mol. The number of rotatable bonds is 6. The van der Waals surface area contributed by atoms with Gasteiger partial charge in [0.15, 0.2) is 0 Å². The van der Waals surface area contributed by atoms with Gasteiger partial charge in [-0.05, 0) is 37.1 Å². The van der Waals surface area contributed by atoms with Crippen LogP contribution in [0.15, 0.2) is 24.3 Å². The highest BCUT2D eigenvalue weighted by molar-refractivity contribution is 5.22. The summed E-state index contributed by atoms with van der Waals surface area (Å²) in [6.45, 7) is 4.96. The Kier molecular flexibility index (Phi) is 5.27. The Bertz CT molecular complexity index is 241. The molecular formula is C12H20N2. The number of hydrogen-bond acceptors (Lipinski definition) is 2. The van der Waals surface area contributed by atoms with Crippen molar-refractivity contribution in [3.05, 3.63) is 35.4 Å². The molecule has 0 aliphatic carbocycles. The van der Waals surface area contributed by atoms with Crippen molar-refractivity contribution < 1.29 is 0 Å². The molecule has 2 nitrogen and oxygen atoms in total. The van der Waals surface area contributed by atoms with Crippen LogP contribution >= 0.6 is 0 Å². The molecule has 0 unspecified atom stereocenters. The Morgan fingerprint density at radius 2 is 1.79 bits per heavy atom. The Morgan fingerprint density at radius 3 is 2.36 bits per heavy atom. The highest BCUT2D eigenvalue weighted by Crippen LogP contribution is 2.04. The molecule has 0 fully saturated rings. The zero-order chi connectivity index (χ0) is 10.2. The summed E-state index contributed by atoms with van der Waals surface area (Å²) in [7, 11) is 0. The summed E-state index contributed by atoms with van der Waals surface area (Å²) in [5, 5.41) is 3.38. The SMILES string of the molecule is CCCNCc1ccc(CCN)cc1. The van der Waals surface area contributed by atoms with E-state index in [2.05, 4.69) is 36.5 Å². The molecule has 0 atom stereocenters. The average molecular weight is 192 g/mol. The van der Waals surface area contributed by atoms with E-state index >= 15 is 0 Å². The Morgan fingerprint density at radius 1 is 1.14 bits per heavy atom. The summed E-state index contributed by atoms with van der Waals surface area (Å²) in [6, 6.07) is 8.67. The van der Waals surface area contributed by atoms with Gasteiger partial charge in [0.2, 0.25) is 0 Å². The second-order valence-corrected chi connectivity index (χ2v) is 3.53. The van der Waals surface area contributed by atoms with E-state index in [4.69, 9.17) is 5.73 Å². The highest BCUT2D eigenvalue weighted by Gasteiger charge is 1.93. The lowest BCUT2D eigenvalue weighted by Gasteiger charge is -2.04. The largest absolute Gasteiger partial charge is 0.330 e. The number of nitrogens with two attached hydrogens (primary N) is 1. The number of nitrogens with one attached hydrogen (secondary N) is 1. The second-order valence-electron chi connectivity index (χ2n) is 3.53. The normalized spacial score (nSPS) is 10.4. The number of hydrogen-bond donors (Lipinski definition) is 2. The van der Waals surface area contributed by atoms with E-state index in [1.165, 1.54) is 17.5 Å². The van der Waals surface area contributed by atoms with Gasteiger partial charge in [0, 0.05) is 6.54 Å². The molecule has 0 amide bonds. The van der Waals surface area contributed by atoms with Gasteiger partial charge in [-0.15, -0.1) is 0 Å². The van der Waals surface area contributed by atoms with Crippen LogP contribution in [0.2, 0.25) is 0 Å². The quantitative estimate of drug-likeness (QED) is 0.673. The second kappa shape index (κ2) is 6.57. The first-order valence-corrected chi connectivity index (χ1v) is 5.35. The topological polar surface area (TPSA) is 38.0 Å². The van der Waals surface area contributed by atoms with Crippen molar-refractivity contribution in [1.29, 1.82) is 0 Å². The van der Waals surface area contributed by atoms with Crippen LogP contribution in [0, 0.1) is 0 Å². The third kappa shape index (κ3) is 3.90. The van der Waals surface area contributed by atoms with E-state index < -0.39 is 0 Å². The van der Waals surface area contributed by atoms with Crippen LogP contribution in [0.4, 0.5) is 0 Å². The standard InChI is InChI=1S/C12H20N2/c1-2-9-14-10-12-5-3-11(4-6-12)7-8-13/h3-6,14H,2,7-10,13H2,1H3. The lowest BCUT2D eigenvalue weighted by molar-refractivity contribution is 0.675. The van der Waals surface area contributed by atoms with Gasteiger partial charge in [-0.2, -0.15) is 0 Å². The number of benzene rings is 1. The molecule has 0 heterocycles. The third-order valence-electron chi connectivity index (χ3n) is 2.21. The molecule has 1 aromatic carbocycles. The zero-order valence-corrected chi connectivity index (χ0v) is 8.92. The van der Waals surface area contributed by atoms with Crippen LogP contribution in [0.3, 0.4) is 0 Å². The van der Waals surface area contributed by atoms with E-state index in [0.29, 0.717) is 0 Å². The summed E-state index contributed by atoms with van der Waals surface area (Å²) < 4.78 is 0. The fourth-order valence-electron chi connectivity index (χ4n) is 1.40. The fraction of sp³-hybridized carbons (Fsp3) is 0.500. The van der Waals surface area contributed by atoms with E-state index in [1.54, 1.807) is 0 Å². The molecule has 1 aromatic rings. The molecule has 0 aromatic heterocycles. The van der Waals surface area contributed by atoms with Crippen molar-refractivity contribution in [2.45, 2.75) is 26.3 Å². The van der Waals surface area contributed by atoms with Gasteiger partial charge in [0.1, 0.15) is 0 Å². The molecule has 78 valence electrons. The van der Waals surface area contributed by atoms with E-state index in [0.717, 1.165) is 26.1 Å². The Hall–Kier alpha value is -0.860. The van der Waals surface area contributed by atoms with Crippen LogP contribution in [0.5, 0.6) is 0 Å². The minimum absolute atomic E-state index is 0.730. The first-order chi connectivity index (χ1) is 6.86. The van der Waals surface area contributed by atoms with Crippen LogP contribution < -0.4 is 11.1 Å². The third-order valence-corrected chi connectivity index (χ3v) is 2.21. The zero-order valence-electron chi connectivity index (χ0n) is 8.92. The first kappa shape index (κ1) is 11.2. The molecule has 0 bridgehead atoms. The predicted octanol–water partition coefficient (Wildman–Crippen LogP) is 1.69. The van der Waals surface area contributed by atoms with Gasteiger partial charge < -0.3 is 11.1 Å². The Balaban J connectivity index is 2.38. The van der Waals surface area contributed by atoms with Crippen LogP contribution in [0.1, 0.15) is 24.5 Å². The average Bonchev–Trinajstić information content (AvgIpc) is 2.21. The van der Waals surface area contributed by atoms with E-state index in [-0.39, 0.29) is 0 Å². The molecule has 14 heavy (non-hydrogen) atoms. The molecule has 0 aliphatic heterocycles. The smallest absolute Gasteiger partial charge is 0.0205 e. The van der Waals surface area contributed by atoms with Crippen LogP contribution in [0.25, 0.3) is 0 Å². The summed E-state index contributed by atoms with van der Waals surface area (Å²) in [5.74, 6) is 0. The maximum Gasteiger partial charge on any atom is 0.0205 e. The van der Waals surface area contributed by atoms with E-state index in [1.807, 2.05) is 0 Å². The minimum atomic E-state index is 0.730. The highest BCUT2D eigenvalue weighted by atomic mass is 14.8. The molecule has 3 N–H and O–H groups in total. The summed E-state index contributed by atoms with van der Waals surface area (Å²) in [6.07, 6.45) is 2.16. The van der Waals surface area contributed by atoms with Crippen molar-refractivity contribution >= 4 is 0 Å². The van der Waals surface area contributed by atoms with Crippen molar-refractivity contribution in [2.75, 3.05) is 13.1 Å². The van der Waals surface area contributed by atoms with Crippen molar-refractivity contribution in [3.8, 4) is 0 Å². The van der Waals surface area contributed by atoms with Gasteiger partial charge in [-0.25, -0.2) is 0 Å². The summed E-state index contributed by atoms with van der Waals surface area (Å²) in [4.78, 5) is 0. The van der Waals surface area contributed by atoms with Crippen LogP contribution in [-0.4, -0.2) is 13.1 Å². The molecular weight excluding hydrogens is 172 g/mol. The molecule has 2 heteroatoms. The Labute approximate surface area is 86.5 Å². The van der Waals surface area contributed by atoms with Gasteiger partial charge in [0.05, 0.1) is 0 Å². The van der Waals surface area contributed by atoms with Crippen molar-refractivity contribution in [3.63, 3.8) is 0 Å².